The van der Waals surface area contributed by atoms with Gasteiger partial charge in [-0.3, -0.25) is 0 Å². The number of hydrogen-bond donors (Lipinski definition) is 0. The molecule has 346 valence electrons. The monoisotopic (exact) mass is 887 g/mol. The van der Waals surface area contributed by atoms with Crippen molar-refractivity contribution in [2.75, 3.05) is 9.80 Å². The van der Waals surface area contributed by atoms with Crippen LogP contribution in [0.4, 0.5) is 28.4 Å². The summed E-state index contributed by atoms with van der Waals surface area (Å²) in [6.45, 7) is 40.0. The van der Waals surface area contributed by atoms with Crippen LogP contribution >= 0.6 is 0 Å². The Balaban J connectivity index is 1.30. The van der Waals surface area contributed by atoms with Crippen LogP contribution < -0.4 is 26.4 Å². The molecule has 0 bridgehead atoms. The smallest absolute Gasteiger partial charge is 0.297 e. The predicted octanol–water partition coefficient (Wildman–Crippen LogP) is 15.9. The molecule has 0 radical (unpaired) electrons. The van der Waals surface area contributed by atoms with Crippen LogP contribution in [0.1, 0.15) is 163 Å². The van der Waals surface area contributed by atoms with Gasteiger partial charge in [-0.25, -0.2) is 0 Å². The van der Waals surface area contributed by atoms with Gasteiger partial charge in [-0.15, -0.1) is 0 Å². The van der Waals surface area contributed by atoms with Gasteiger partial charge in [-0.1, -0.05) is 165 Å². The first-order chi connectivity index (χ1) is 31.1. The van der Waals surface area contributed by atoms with Crippen molar-refractivity contribution in [1.82, 2.24) is 0 Å². The van der Waals surface area contributed by atoms with Gasteiger partial charge >= 0.3 is 0 Å². The second-order valence-electron chi connectivity index (χ2n) is 26.3. The summed E-state index contributed by atoms with van der Waals surface area (Å²) in [5, 5.41) is 1.22. The molecule has 1 aromatic heterocycles. The van der Waals surface area contributed by atoms with Crippen LogP contribution in [0.2, 0.25) is 0 Å². The number of rotatable bonds is 3. The van der Waals surface area contributed by atoms with Crippen LogP contribution in [0, 0.1) is 18.3 Å². The van der Waals surface area contributed by atoms with E-state index in [9.17, 15) is 0 Å². The average molecular weight is 887 g/mol. The molecule has 0 saturated heterocycles. The van der Waals surface area contributed by atoms with Crippen molar-refractivity contribution in [3.05, 3.63) is 142 Å². The molecule has 2 aliphatic heterocycles. The Morgan fingerprint density at radius 2 is 1.15 bits per heavy atom. The van der Waals surface area contributed by atoms with E-state index in [1.807, 2.05) is 0 Å². The Labute approximate surface area is 403 Å². The third-order valence-electron chi connectivity index (χ3n) is 16.3. The minimum absolute atomic E-state index is 0.0251. The molecule has 5 aromatic carbocycles. The van der Waals surface area contributed by atoms with Crippen LogP contribution in [-0.2, 0) is 27.1 Å². The van der Waals surface area contributed by atoms with Crippen molar-refractivity contribution in [2.24, 2.45) is 11.3 Å². The minimum Gasteiger partial charge on any atom is -0.468 e. The van der Waals surface area contributed by atoms with E-state index in [0.717, 1.165) is 30.5 Å². The minimum atomic E-state index is -0.116. The first kappa shape index (κ1) is 45.6. The van der Waals surface area contributed by atoms with Gasteiger partial charge in [-0.05, 0) is 163 Å². The Morgan fingerprint density at radius 3 is 1.72 bits per heavy atom. The van der Waals surface area contributed by atoms with E-state index in [1.54, 1.807) is 0 Å². The number of fused-ring (bicyclic) bond motifs is 7. The second kappa shape index (κ2) is 14.9. The van der Waals surface area contributed by atoms with Crippen molar-refractivity contribution in [3.8, 4) is 11.1 Å². The zero-order valence-electron chi connectivity index (χ0n) is 43.9. The summed E-state index contributed by atoms with van der Waals surface area (Å²) in [7, 11) is 0. The number of furan rings is 1. The van der Waals surface area contributed by atoms with Gasteiger partial charge in [0.15, 0.2) is 0 Å². The molecular formula is C63H75BN2O. The third kappa shape index (κ3) is 7.46. The SMILES string of the molecule is Cc1cc2c3c(c1)N(c1ccc(C(C)(C)C)cc1-c1ccc(C(C)(C)C)cc1)c1ccc(C(C)(C)C)cc1B3c1oc3cc4c(cc3c1N2C1=CCC(C(C)(C)C)C=C1)C(C)(C)CCC4(C)C. The summed E-state index contributed by atoms with van der Waals surface area (Å²) in [4.78, 5) is 5.22. The lowest BCUT2D eigenvalue weighted by atomic mass is 9.35. The zero-order chi connectivity index (χ0) is 48.1. The highest BCUT2D eigenvalue weighted by molar-refractivity contribution is 7.00. The predicted molar refractivity (Wildman–Crippen MR) is 290 cm³/mol. The molecule has 4 aliphatic rings. The fraction of sp³-hybridized carbons (Fsp3) is 0.429. The number of anilines is 5. The molecule has 0 saturated carbocycles. The number of hydrogen-bond acceptors (Lipinski definition) is 3. The van der Waals surface area contributed by atoms with Gasteiger partial charge in [0.25, 0.3) is 6.71 Å². The van der Waals surface area contributed by atoms with Crippen LogP contribution in [0.25, 0.3) is 22.1 Å². The summed E-state index contributed by atoms with van der Waals surface area (Å²) in [5.41, 5.74) is 22.8. The number of aryl methyl sites for hydroxylation is 1. The van der Waals surface area contributed by atoms with Gasteiger partial charge in [0.1, 0.15) is 5.58 Å². The summed E-state index contributed by atoms with van der Waals surface area (Å²) >= 11 is 0. The fourth-order valence-electron chi connectivity index (χ4n) is 11.7. The first-order valence-electron chi connectivity index (χ1n) is 25.3. The van der Waals surface area contributed by atoms with E-state index in [0.29, 0.717) is 5.92 Å². The number of allylic oxidation sites excluding steroid dienone is 3. The molecule has 1 atom stereocenters. The molecule has 0 amide bonds. The molecular weight excluding hydrogens is 812 g/mol. The van der Waals surface area contributed by atoms with Crippen LogP contribution in [0.15, 0.2) is 113 Å². The first-order valence-corrected chi connectivity index (χ1v) is 25.3. The average Bonchev–Trinajstić information content (AvgIpc) is 3.61. The van der Waals surface area contributed by atoms with E-state index >= 15 is 0 Å². The normalized spacial score (nSPS) is 18.7. The van der Waals surface area contributed by atoms with Crippen molar-refractivity contribution >= 4 is 62.7 Å². The van der Waals surface area contributed by atoms with Crippen molar-refractivity contribution in [3.63, 3.8) is 0 Å². The lowest BCUT2D eigenvalue weighted by Crippen LogP contribution is -2.61. The van der Waals surface area contributed by atoms with E-state index < -0.39 is 0 Å². The topological polar surface area (TPSA) is 19.6 Å². The van der Waals surface area contributed by atoms with E-state index in [4.69, 9.17) is 4.42 Å². The van der Waals surface area contributed by atoms with Gasteiger partial charge in [0.2, 0.25) is 0 Å². The number of nitrogens with zero attached hydrogens (tertiary/aromatic N) is 2. The Bertz CT molecular complexity index is 3050. The lowest BCUT2D eigenvalue weighted by Gasteiger charge is -2.44. The van der Waals surface area contributed by atoms with Gasteiger partial charge in [0, 0.05) is 33.7 Å². The fourth-order valence-corrected chi connectivity index (χ4v) is 11.7. The summed E-state index contributed by atoms with van der Waals surface area (Å²) in [6, 6.07) is 33.9. The maximum absolute atomic E-state index is 7.59. The van der Waals surface area contributed by atoms with Crippen LogP contribution in [-0.4, -0.2) is 6.71 Å². The highest BCUT2D eigenvalue weighted by Gasteiger charge is 2.49. The summed E-state index contributed by atoms with van der Waals surface area (Å²) in [6.07, 6.45) is 10.7. The molecule has 3 nitrogen and oxygen atoms in total. The Hall–Kier alpha value is -5.22. The van der Waals surface area contributed by atoms with E-state index in [-0.39, 0.29) is 39.2 Å². The van der Waals surface area contributed by atoms with Crippen molar-refractivity contribution < 1.29 is 4.42 Å². The van der Waals surface area contributed by atoms with Crippen molar-refractivity contribution in [2.45, 2.75) is 164 Å². The largest absolute Gasteiger partial charge is 0.468 e. The highest BCUT2D eigenvalue weighted by atomic mass is 16.3. The van der Waals surface area contributed by atoms with E-state index in [2.05, 4.69) is 231 Å². The van der Waals surface area contributed by atoms with E-state index in [1.165, 1.54) is 95.0 Å². The lowest BCUT2D eigenvalue weighted by molar-refractivity contribution is 0.293. The van der Waals surface area contributed by atoms with Crippen LogP contribution in [0.3, 0.4) is 0 Å². The molecule has 1 unspecified atom stereocenters. The van der Waals surface area contributed by atoms with Crippen molar-refractivity contribution in [1.29, 1.82) is 0 Å². The highest BCUT2D eigenvalue weighted by Crippen LogP contribution is 2.52. The molecule has 67 heavy (non-hydrogen) atoms. The zero-order valence-corrected chi connectivity index (χ0v) is 43.9. The molecule has 0 fully saturated rings. The molecule has 2 aliphatic carbocycles. The van der Waals surface area contributed by atoms with Gasteiger partial charge in [-0.2, -0.15) is 0 Å². The maximum atomic E-state index is 7.59. The standard InChI is InChI=1S/C63H75BN2O/c1-38-32-52-55-53(33-38)66(50-28-24-42(60(8,9)10)34-45(50)39-18-20-40(21-19-39)58(2,3)4)51-29-25-43(61(11,12)13)35-49(51)64(55)57-56(65(52)44-26-22-41(23-27-44)59(5,6)7)46-36-47-48(37-54(46)67-57)63(16,17)31-30-62(47,14)15/h18-22,24-29,32-37,41H,23,30-31H2,1-17H3. The van der Waals surface area contributed by atoms with Gasteiger partial charge < -0.3 is 14.2 Å². The summed E-state index contributed by atoms with van der Waals surface area (Å²) in [5.74, 6) is 0.459. The number of benzene rings is 5. The molecule has 3 heterocycles. The third-order valence-corrected chi connectivity index (χ3v) is 16.3. The van der Waals surface area contributed by atoms with Gasteiger partial charge in [0.05, 0.1) is 17.0 Å². The quantitative estimate of drug-likeness (QED) is 0.165. The molecule has 4 heteroatoms. The Morgan fingerprint density at radius 1 is 0.597 bits per heavy atom. The molecule has 6 aromatic rings. The molecule has 10 rings (SSSR count). The summed E-state index contributed by atoms with van der Waals surface area (Å²) < 4.78 is 7.59. The molecule has 0 spiro atoms. The maximum Gasteiger partial charge on any atom is 0.297 e. The Kier molecular flexibility index (Phi) is 10.1. The molecule has 0 N–H and O–H groups in total. The second-order valence-corrected chi connectivity index (χ2v) is 26.3. The van der Waals surface area contributed by atoms with Crippen LogP contribution in [0.5, 0.6) is 0 Å².